The topological polar surface area (TPSA) is 72.5 Å². The molecule has 40 heavy (non-hydrogen) atoms. The van der Waals surface area contributed by atoms with Gasteiger partial charge in [0.05, 0.1) is 11.4 Å². The van der Waals surface area contributed by atoms with Crippen LogP contribution in [0, 0.1) is 5.41 Å². The second kappa shape index (κ2) is 12.9. The number of para-hydroxylation sites is 1. The first-order valence-electron chi connectivity index (χ1n) is 13.2. The molecule has 0 saturated heterocycles. The summed E-state index contributed by atoms with van der Waals surface area (Å²) in [7, 11) is 1.77. The minimum absolute atomic E-state index is 0. The molecular weight excluding hydrogens is 545 g/mol. The monoisotopic (exact) mass is 581 g/mol. The first-order valence-corrected chi connectivity index (χ1v) is 13.2. The third-order valence-electron chi connectivity index (χ3n) is 7.54. The van der Waals surface area contributed by atoms with Gasteiger partial charge in [-0.15, -0.1) is 24.8 Å². The molecule has 5 rings (SSSR count). The highest BCUT2D eigenvalue weighted by Crippen LogP contribution is 2.39. The van der Waals surface area contributed by atoms with Gasteiger partial charge in [0.1, 0.15) is 5.41 Å². The normalized spacial score (nSPS) is 14.5. The van der Waals surface area contributed by atoms with E-state index in [1.165, 1.54) is 16.5 Å². The zero-order valence-electron chi connectivity index (χ0n) is 23.4. The Labute approximate surface area is 248 Å². The minimum atomic E-state index is -1.12. The zero-order chi connectivity index (χ0) is 26.9. The van der Waals surface area contributed by atoms with E-state index >= 15 is 0 Å². The molecule has 3 heterocycles. The summed E-state index contributed by atoms with van der Waals surface area (Å²) in [4.78, 5) is 40.0. The van der Waals surface area contributed by atoms with Gasteiger partial charge in [0, 0.05) is 57.3 Å². The molecule has 2 aromatic carbocycles. The molecule has 1 aliphatic rings. The van der Waals surface area contributed by atoms with Gasteiger partial charge in [-0.05, 0) is 73.5 Å². The maximum atomic E-state index is 13.3. The summed E-state index contributed by atoms with van der Waals surface area (Å²) in [6.07, 6.45) is 6.58. The van der Waals surface area contributed by atoms with Crippen molar-refractivity contribution in [2.75, 3.05) is 29.9 Å². The zero-order valence-corrected chi connectivity index (χ0v) is 25.0. The third kappa shape index (κ3) is 6.02. The number of hydrogen-bond acceptors (Lipinski definition) is 4. The van der Waals surface area contributed by atoms with Gasteiger partial charge in [0.2, 0.25) is 11.8 Å². The molecule has 1 N–H and O–H groups in total. The average Bonchev–Trinajstić information content (AvgIpc) is 3.41. The molecule has 4 aromatic rings. The highest BCUT2D eigenvalue weighted by molar-refractivity contribution is 6.19. The van der Waals surface area contributed by atoms with Crippen molar-refractivity contribution >= 4 is 58.9 Å². The van der Waals surface area contributed by atoms with Crippen LogP contribution in [0.4, 0.5) is 11.4 Å². The molecule has 0 aliphatic carbocycles. The van der Waals surface area contributed by atoms with E-state index in [0.29, 0.717) is 13.1 Å². The molecule has 0 spiro atoms. The van der Waals surface area contributed by atoms with Gasteiger partial charge in [-0.3, -0.25) is 19.5 Å². The van der Waals surface area contributed by atoms with Crippen LogP contribution in [-0.4, -0.2) is 46.8 Å². The summed E-state index contributed by atoms with van der Waals surface area (Å²) in [5, 5.41) is 1.20. The molecule has 0 radical (unpaired) electrons. The summed E-state index contributed by atoms with van der Waals surface area (Å²) in [5.74, 6) is -0.357. The average molecular weight is 583 g/mol. The lowest BCUT2D eigenvalue weighted by Gasteiger charge is -2.27. The number of anilines is 2. The highest BCUT2D eigenvalue weighted by atomic mass is 35.5. The van der Waals surface area contributed by atoms with Gasteiger partial charge in [0.25, 0.3) is 0 Å². The number of carbonyl (C=O) groups is 2. The summed E-state index contributed by atoms with van der Waals surface area (Å²) >= 11 is 0. The number of carbonyl (C=O) groups excluding carboxylic acids is 2. The number of nitrogens with one attached hydrogen (secondary N) is 1. The lowest BCUT2D eigenvalue weighted by atomic mass is 9.90. The standard InChI is InChI=1S/C31H35N5O2.2ClH/c1-5-36-26-12-11-23(18-27(26)34(4)29(37)31(2,3)30(36)38)20-35(17-14-22-8-7-15-32-19-22)21-25-10-6-9-24-13-16-33-28(24)25;;/h6-13,15-16,18-19,33H,5,14,17,20-21H2,1-4H3;2*1H. The van der Waals surface area contributed by atoms with Crippen LogP contribution in [0.3, 0.4) is 0 Å². The van der Waals surface area contributed by atoms with Crippen LogP contribution in [0.1, 0.15) is 37.5 Å². The van der Waals surface area contributed by atoms with E-state index in [1.807, 2.05) is 31.5 Å². The van der Waals surface area contributed by atoms with Crippen LogP contribution in [0.25, 0.3) is 10.9 Å². The van der Waals surface area contributed by atoms with Gasteiger partial charge in [-0.25, -0.2) is 0 Å². The number of amides is 2. The Morgan fingerprint density at radius 2 is 1.73 bits per heavy atom. The molecule has 9 heteroatoms. The fraction of sp³-hybridized carbons (Fsp3) is 0.323. The van der Waals surface area contributed by atoms with Crippen molar-refractivity contribution in [3.05, 3.63) is 89.9 Å². The lowest BCUT2D eigenvalue weighted by molar-refractivity contribution is -0.137. The molecule has 0 atom stereocenters. The number of benzene rings is 2. The Balaban J connectivity index is 0.00000220. The van der Waals surface area contributed by atoms with Crippen LogP contribution >= 0.6 is 24.8 Å². The van der Waals surface area contributed by atoms with Crippen molar-refractivity contribution in [2.24, 2.45) is 5.41 Å². The summed E-state index contributed by atoms with van der Waals surface area (Å²) in [6, 6.07) is 18.7. The van der Waals surface area contributed by atoms with Crippen LogP contribution in [0.2, 0.25) is 0 Å². The molecule has 2 aromatic heterocycles. The van der Waals surface area contributed by atoms with E-state index in [-0.39, 0.29) is 36.6 Å². The van der Waals surface area contributed by atoms with Crippen molar-refractivity contribution in [2.45, 2.75) is 40.3 Å². The lowest BCUT2D eigenvalue weighted by Crippen LogP contribution is -2.47. The number of hydrogen-bond donors (Lipinski definition) is 1. The Bertz CT molecular complexity index is 1470. The number of aromatic nitrogens is 2. The van der Waals surface area contributed by atoms with E-state index in [0.717, 1.165) is 42.0 Å². The maximum Gasteiger partial charge on any atom is 0.242 e. The fourth-order valence-electron chi connectivity index (χ4n) is 5.37. The largest absolute Gasteiger partial charge is 0.361 e. The van der Waals surface area contributed by atoms with Crippen molar-refractivity contribution in [1.82, 2.24) is 14.9 Å². The van der Waals surface area contributed by atoms with Crippen molar-refractivity contribution in [1.29, 1.82) is 0 Å². The van der Waals surface area contributed by atoms with Crippen molar-refractivity contribution in [3.63, 3.8) is 0 Å². The smallest absolute Gasteiger partial charge is 0.242 e. The van der Waals surface area contributed by atoms with Crippen molar-refractivity contribution < 1.29 is 9.59 Å². The molecule has 212 valence electrons. The van der Waals surface area contributed by atoms with E-state index in [4.69, 9.17) is 0 Å². The number of H-pyrrole nitrogens is 1. The van der Waals surface area contributed by atoms with Gasteiger partial charge >= 0.3 is 0 Å². The van der Waals surface area contributed by atoms with Gasteiger partial charge in [-0.1, -0.05) is 30.3 Å². The second-order valence-electron chi connectivity index (χ2n) is 10.5. The van der Waals surface area contributed by atoms with Gasteiger partial charge < -0.3 is 14.8 Å². The van der Waals surface area contributed by atoms with Crippen LogP contribution in [-0.2, 0) is 29.1 Å². The molecule has 0 bridgehead atoms. The van der Waals surface area contributed by atoms with Crippen LogP contribution < -0.4 is 9.80 Å². The van der Waals surface area contributed by atoms with Crippen LogP contribution in [0.15, 0.2) is 73.2 Å². The molecule has 2 amide bonds. The predicted octanol–water partition coefficient (Wildman–Crippen LogP) is 6.01. The molecular formula is C31H37Cl2N5O2. The Hall–Kier alpha value is -3.39. The number of nitrogens with zero attached hydrogens (tertiary/aromatic N) is 4. The summed E-state index contributed by atoms with van der Waals surface area (Å²) in [5.41, 5.74) is 5.12. The molecule has 0 saturated carbocycles. The number of halogens is 2. The Morgan fingerprint density at radius 1 is 0.925 bits per heavy atom. The van der Waals surface area contributed by atoms with E-state index in [1.54, 1.807) is 36.9 Å². The number of rotatable bonds is 8. The fourth-order valence-corrected chi connectivity index (χ4v) is 5.37. The quantitative estimate of drug-likeness (QED) is 0.259. The Kier molecular flexibility index (Phi) is 10.0. The van der Waals surface area contributed by atoms with Crippen molar-refractivity contribution in [3.8, 4) is 0 Å². The number of aromatic amines is 1. The third-order valence-corrected chi connectivity index (χ3v) is 7.54. The highest BCUT2D eigenvalue weighted by Gasteiger charge is 2.45. The minimum Gasteiger partial charge on any atom is -0.361 e. The maximum absolute atomic E-state index is 13.3. The number of fused-ring (bicyclic) bond motifs is 2. The number of pyridine rings is 1. The summed E-state index contributed by atoms with van der Waals surface area (Å²) < 4.78 is 0. The van der Waals surface area contributed by atoms with Gasteiger partial charge in [0.15, 0.2) is 0 Å². The predicted molar refractivity (Wildman–Crippen MR) is 167 cm³/mol. The first kappa shape index (κ1) is 31.1. The molecule has 7 nitrogen and oxygen atoms in total. The van der Waals surface area contributed by atoms with E-state index in [9.17, 15) is 9.59 Å². The van der Waals surface area contributed by atoms with E-state index < -0.39 is 5.41 Å². The van der Waals surface area contributed by atoms with Gasteiger partial charge in [-0.2, -0.15) is 0 Å². The first-order chi connectivity index (χ1) is 18.3. The molecule has 1 aliphatic heterocycles. The SMILES string of the molecule is CCN1C(=O)C(C)(C)C(=O)N(C)c2cc(CN(CCc3cccnc3)Cc3cccc4cc[nH]c34)ccc21.Cl.Cl. The van der Waals surface area contributed by atoms with E-state index in [2.05, 4.69) is 57.3 Å². The molecule has 0 fully saturated rings. The van der Waals surface area contributed by atoms with Crippen LogP contribution in [0.5, 0.6) is 0 Å². The molecule has 0 unspecified atom stereocenters. The summed E-state index contributed by atoms with van der Waals surface area (Å²) in [6.45, 7) is 8.21. The second-order valence-corrected chi connectivity index (χ2v) is 10.5. The Morgan fingerprint density at radius 3 is 2.45 bits per heavy atom.